The first-order valence-electron chi connectivity index (χ1n) is 9.70. The number of carbonyl (C=O) groups is 2. The fourth-order valence-corrected chi connectivity index (χ4v) is 4.48. The summed E-state index contributed by atoms with van der Waals surface area (Å²) in [4.78, 5) is 31.5. The highest BCUT2D eigenvalue weighted by Crippen LogP contribution is 2.47. The van der Waals surface area contributed by atoms with Crippen molar-refractivity contribution in [3.8, 4) is 11.5 Å². The summed E-state index contributed by atoms with van der Waals surface area (Å²) in [5.41, 5.74) is 0.471. The molecule has 3 heterocycles. The summed E-state index contributed by atoms with van der Waals surface area (Å²) in [7, 11) is 2.73. The highest BCUT2D eigenvalue weighted by Gasteiger charge is 2.46. The SMILES string of the molecule is COc1c(Cl)cc(/C(O)=C2\C(=O)C(=O)N(Cc3ccco3)C2c2ccncc2)c(OC)c1Cl. The maximum atomic E-state index is 13.1. The summed E-state index contributed by atoms with van der Waals surface area (Å²) in [6.45, 7) is 0.0165. The lowest BCUT2D eigenvalue weighted by molar-refractivity contribution is -0.140. The molecule has 33 heavy (non-hydrogen) atoms. The fourth-order valence-electron chi connectivity index (χ4n) is 3.80. The minimum absolute atomic E-state index is 0.0133. The Bertz CT molecular complexity index is 1240. The van der Waals surface area contributed by atoms with Crippen molar-refractivity contribution in [2.24, 2.45) is 0 Å². The number of rotatable bonds is 6. The normalized spacial score (nSPS) is 17.5. The van der Waals surface area contributed by atoms with Crippen LogP contribution in [0.3, 0.4) is 0 Å². The topological polar surface area (TPSA) is 102 Å². The number of likely N-dealkylation sites (tertiary alicyclic amines) is 1. The molecule has 0 saturated carbocycles. The molecule has 2 aromatic heterocycles. The van der Waals surface area contributed by atoms with Crippen LogP contribution in [0.5, 0.6) is 11.5 Å². The van der Waals surface area contributed by atoms with Crippen LogP contribution in [0, 0.1) is 0 Å². The van der Waals surface area contributed by atoms with E-state index in [0.717, 1.165) is 0 Å². The van der Waals surface area contributed by atoms with E-state index in [4.69, 9.17) is 37.1 Å². The van der Waals surface area contributed by atoms with Crippen LogP contribution in [-0.4, -0.2) is 40.9 Å². The number of benzene rings is 1. The molecule has 1 fully saturated rings. The largest absolute Gasteiger partial charge is 0.507 e. The summed E-state index contributed by atoms with van der Waals surface area (Å²) in [6, 6.07) is 7.13. The van der Waals surface area contributed by atoms with Gasteiger partial charge in [-0.2, -0.15) is 0 Å². The van der Waals surface area contributed by atoms with Gasteiger partial charge in [0.2, 0.25) is 0 Å². The van der Waals surface area contributed by atoms with Crippen LogP contribution in [0.1, 0.15) is 22.9 Å². The molecule has 0 bridgehead atoms. The first-order chi connectivity index (χ1) is 15.9. The lowest BCUT2D eigenvalue weighted by atomic mass is 9.95. The molecular weight excluding hydrogens is 471 g/mol. The van der Waals surface area contributed by atoms with Crippen LogP contribution >= 0.6 is 23.2 Å². The number of ketones is 1. The van der Waals surface area contributed by atoms with Crippen LogP contribution < -0.4 is 9.47 Å². The number of aliphatic hydroxyl groups is 1. The Hall–Kier alpha value is -3.49. The smallest absolute Gasteiger partial charge is 0.296 e. The standard InChI is InChI=1S/C23H18Cl2N2O6/c1-31-21-14(10-15(24)22(32-2)17(21)25)19(28)16-18(12-5-7-26-8-6-12)27(23(30)20(16)29)11-13-4-3-9-33-13/h3-10,18,28H,11H2,1-2H3/b19-16+. The zero-order chi connectivity index (χ0) is 23.7. The number of pyridine rings is 1. The third-order valence-electron chi connectivity index (χ3n) is 5.26. The number of furan rings is 1. The molecule has 1 atom stereocenters. The molecule has 1 saturated heterocycles. The van der Waals surface area contributed by atoms with Crippen molar-refractivity contribution in [3.05, 3.63) is 81.5 Å². The molecule has 10 heteroatoms. The Morgan fingerprint density at radius 2 is 1.85 bits per heavy atom. The third kappa shape index (κ3) is 3.92. The average molecular weight is 489 g/mol. The third-order valence-corrected chi connectivity index (χ3v) is 5.89. The minimum atomic E-state index is -0.914. The lowest BCUT2D eigenvalue weighted by Crippen LogP contribution is -2.29. The van der Waals surface area contributed by atoms with Crippen molar-refractivity contribution >= 4 is 40.7 Å². The molecule has 0 radical (unpaired) electrons. The van der Waals surface area contributed by atoms with Gasteiger partial charge < -0.3 is 23.9 Å². The molecule has 0 spiro atoms. The predicted molar refractivity (Wildman–Crippen MR) is 120 cm³/mol. The Balaban J connectivity index is 1.94. The van der Waals surface area contributed by atoms with Gasteiger partial charge in [0.15, 0.2) is 11.5 Å². The van der Waals surface area contributed by atoms with Crippen molar-refractivity contribution in [2.75, 3.05) is 14.2 Å². The molecule has 1 N–H and O–H groups in total. The maximum absolute atomic E-state index is 13.1. The van der Waals surface area contributed by atoms with E-state index in [1.54, 1.807) is 24.3 Å². The number of hydrogen-bond acceptors (Lipinski definition) is 7. The number of nitrogens with zero attached hydrogens (tertiary/aromatic N) is 2. The Kier molecular flexibility index (Phi) is 6.31. The van der Waals surface area contributed by atoms with Gasteiger partial charge in [0, 0.05) is 12.4 Å². The van der Waals surface area contributed by atoms with Gasteiger partial charge in [-0.05, 0) is 35.9 Å². The van der Waals surface area contributed by atoms with Crippen molar-refractivity contribution in [1.29, 1.82) is 0 Å². The molecule has 1 aliphatic rings. The average Bonchev–Trinajstić information content (AvgIpc) is 3.41. The van der Waals surface area contributed by atoms with Gasteiger partial charge in [-0.25, -0.2) is 0 Å². The van der Waals surface area contributed by atoms with Crippen LogP contribution in [-0.2, 0) is 16.1 Å². The molecular formula is C23H18Cl2N2O6. The molecule has 1 unspecified atom stereocenters. The maximum Gasteiger partial charge on any atom is 0.296 e. The van der Waals surface area contributed by atoms with E-state index in [1.807, 2.05) is 0 Å². The molecule has 1 aliphatic heterocycles. The van der Waals surface area contributed by atoms with E-state index in [0.29, 0.717) is 11.3 Å². The van der Waals surface area contributed by atoms with Gasteiger partial charge in [-0.3, -0.25) is 14.6 Å². The number of aliphatic hydroxyl groups excluding tert-OH is 1. The number of halogens is 2. The van der Waals surface area contributed by atoms with Gasteiger partial charge in [-0.15, -0.1) is 0 Å². The zero-order valence-corrected chi connectivity index (χ0v) is 19.1. The molecule has 0 aliphatic carbocycles. The highest BCUT2D eigenvalue weighted by atomic mass is 35.5. The minimum Gasteiger partial charge on any atom is -0.507 e. The molecule has 1 aromatic carbocycles. The summed E-state index contributed by atoms with van der Waals surface area (Å²) in [5.74, 6) is -1.48. The number of ether oxygens (including phenoxy) is 2. The number of amides is 1. The lowest BCUT2D eigenvalue weighted by Gasteiger charge is -2.24. The zero-order valence-electron chi connectivity index (χ0n) is 17.5. The Morgan fingerprint density at radius 3 is 2.45 bits per heavy atom. The summed E-state index contributed by atoms with van der Waals surface area (Å²) < 4.78 is 15.9. The Morgan fingerprint density at radius 1 is 1.15 bits per heavy atom. The molecule has 4 rings (SSSR count). The van der Waals surface area contributed by atoms with E-state index < -0.39 is 23.5 Å². The van der Waals surface area contributed by atoms with Gasteiger partial charge in [-0.1, -0.05) is 23.2 Å². The first kappa shape index (κ1) is 22.7. The molecule has 8 nitrogen and oxygen atoms in total. The van der Waals surface area contributed by atoms with Gasteiger partial charge in [0.1, 0.15) is 16.5 Å². The second-order valence-corrected chi connectivity index (χ2v) is 7.86. The summed E-state index contributed by atoms with van der Waals surface area (Å²) >= 11 is 12.6. The number of aromatic nitrogens is 1. The van der Waals surface area contributed by atoms with Crippen molar-refractivity contribution in [2.45, 2.75) is 12.6 Å². The van der Waals surface area contributed by atoms with E-state index >= 15 is 0 Å². The Labute approximate surface area is 198 Å². The van der Waals surface area contributed by atoms with Gasteiger partial charge >= 0.3 is 0 Å². The fraction of sp³-hybridized carbons (Fsp3) is 0.174. The van der Waals surface area contributed by atoms with Crippen molar-refractivity contribution in [1.82, 2.24) is 9.88 Å². The van der Waals surface area contributed by atoms with Crippen LogP contribution in [0.25, 0.3) is 5.76 Å². The van der Waals surface area contributed by atoms with Crippen LogP contribution in [0.15, 0.2) is 59.0 Å². The number of carbonyl (C=O) groups excluding carboxylic acids is 2. The molecule has 3 aromatic rings. The molecule has 170 valence electrons. The van der Waals surface area contributed by atoms with Crippen LogP contribution in [0.4, 0.5) is 0 Å². The quantitative estimate of drug-likeness (QED) is 0.306. The monoisotopic (exact) mass is 488 g/mol. The van der Waals surface area contributed by atoms with E-state index in [-0.39, 0.29) is 39.2 Å². The van der Waals surface area contributed by atoms with Crippen molar-refractivity contribution < 1.29 is 28.6 Å². The van der Waals surface area contributed by atoms with Crippen LogP contribution in [0.2, 0.25) is 10.0 Å². The van der Waals surface area contributed by atoms with Gasteiger partial charge in [0.05, 0.1) is 49.2 Å². The van der Waals surface area contributed by atoms with E-state index in [1.165, 1.54) is 43.8 Å². The number of Topliss-reactive ketones (excluding diaryl/α,β-unsaturated/α-hetero) is 1. The van der Waals surface area contributed by atoms with Crippen molar-refractivity contribution in [3.63, 3.8) is 0 Å². The van der Waals surface area contributed by atoms with E-state index in [9.17, 15) is 14.7 Å². The first-order valence-corrected chi connectivity index (χ1v) is 10.5. The summed E-state index contributed by atoms with van der Waals surface area (Å²) in [6.07, 6.45) is 4.54. The second-order valence-electron chi connectivity index (χ2n) is 7.07. The highest BCUT2D eigenvalue weighted by molar-refractivity contribution is 6.47. The number of hydrogen-bond donors (Lipinski definition) is 1. The second kappa shape index (κ2) is 9.17. The molecule has 1 amide bonds. The van der Waals surface area contributed by atoms with Gasteiger partial charge in [0.25, 0.3) is 11.7 Å². The number of methoxy groups -OCH3 is 2. The van der Waals surface area contributed by atoms with E-state index in [2.05, 4.69) is 4.98 Å². The predicted octanol–water partition coefficient (Wildman–Crippen LogP) is 4.62. The summed E-state index contributed by atoms with van der Waals surface area (Å²) in [5, 5.41) is 11.4.